The summed E-state index contributed by atoms with van der Waals surface area (Å²) in [5, 5.41) is 10.9. The van der Waals surface area contributed by atoms with Gasteiger partial charge in [0, 0.05) is 19.3 Å². The molecule has 0 saturated carbocycles. The third kappa shape index (κ3) is 3.44. The molecule has 0 amide bonds. The van der Waals surface area contributed by atoms with Gasteiger partial charge in [0.1, 0.15) is 12.4 Å². The molecule has 6 heteroatoms. The summed E-state index contributed by atoms with van der Waals surface area (Å²) in [6.07, 6.45) is 1.54. The summed E-state index contributed by atoms with van der Waals surface area (Å²) in [6, 6.07) is 12.4. The van der Waals surface area contributed by atoms with E-state index in [4.69, 9.17) is 4.74 Å². The molecular weight excluding hydrogens is 258 g/mol. The van der Waals surface area contributed by atoms with Crippen molar-refractivity contribution in [2.75, 3.05) is 25.1 Å². The molecule has 104 valence electrons. The Morgan fingerprint density at radius 3 is 2.70 bits per heavy atom. The molecule has 0 aliphatic carbocycles. The van der Waals surface area contributed by atoms with Crippen LogP contribution in [0, 0.1) is 10.1 Å². The van der Waals surface area contributed by atoms with Gasteiger partial charge < -0.3 is 9.64 Å². The standard InChI is InChI=1S/C14H15N3O3/c1-16(10-11-20-12-6-3-2-4-7-12)14-13(17(18)19)8-5-9-15-14/h2-9H,10-11H2,1H3. The molecule has 0 N–H and O–H groups in total. The van der Waals surface area contributed by atoms with Gasteiger partial charge in [0.2, 0.25) is 5.82 Å². The average Bonchev–Trinajstić information content (AvgIpc) is 2.48. The number of nitro groups is 1. The molecule has 0 aliphatic rings. The number of para-hydroxylation sites is 1. The maximum absolute atomic E-state index is 10.9. The molecule has 0 saturated heterocycles. The van der Waals surface area contributed by atoms with Gasteiger partial charge in [-0.1, -0.05) is 18.2 Å². The minimum absolute atomic E-state index is 0.00490. The summed E-state index contributed by atoms with van der Waals surface area (Å²) in [5.74, 6) is 1.12. The number of ether oxygens (including phenoxy) is 1. The maximum atomic E-state index is 10.9. The zero-order valence-electron chi connectivity index (χ0n) is 11.1. The van der Waals surface area contributed by atoms with Crippen molar-refractivity contribution in [2.24, 2.45) is 0 Å². The summed E-state index contributed by atoms with van der Waals surface area (Å²) in [4.78, 5) is 16.3. The minimum atomic E-state index is -0.434. The lowest BCUT2D eigenvalue weighted by molar-refractivity contribution is -0.384. The van der Waals surface area contributed by atoms with Crippen LogP contribution in [0.25, 0.3) is 0 Å². The summed E-state index contributed by atoms with van der Waals surface area (Å²) >= 11 is 0. The first-order chi connectivity index (χ1) is 9.68. The Morgan fingerprint density at radius 1 is 1.25 bits per heavy atom. The normalized spacial score (nSPS) is 10.1. The van der Waals surface area contributed by atoms with Crippen LogP contribution in [0.1, 0.15) is 0 Å². The van der Waals surface area contributed by atoms with Crippen molar-refractivity contribution in [3.8, 4) is 5.75 Å². The smallest absolute Gasteiger partial charge is 0.311 e. The van der Waals surface area contributed by atoms with Crippen LogP contribution in [0.5, 0.6) is 5.75 Å². The Balaban J connectivity index is 1.95. The van der Waals surface area contributed by atoms with Gasteiger partial charge in [-0.15, -0.1) is 0 Å². The van der Waals surface area contributed by atoms with E-state index < -0.39 is 4.92 Å². The quantitative estimate of drug-likeness (QED) is 0.597. The highest BCUT2D eigenvalue weighted by atomic mass is 16.6. The Morgan fingerprint density at radius 2 is 2.00 bits per heavy atom. The van der Waals surface area contributed by atoms with Crippen LogP contribution in [0.2, 0.25) is 0 Å². The largest absolute Gasteiger partial charge is 0.492 e. The Bertz CT molecular complexity index is 575. The minimum Gasteiger partial charge on any atom is -0.492 e. The van der Waals surface area contributed by atoms with E-state index in [1.54, 1.807) is 18.0 Å². The van der Waals surface area contributed by atoms with E-state index in [2.05, 4.69) is 4.98 Å². The molecule has 6 nitrogen and oxygen atoms in total. The lowest BCUT2D eigenvalue weighted by atomic mass is 10.3. The highest BCUT2D eigenvalue weighted by Gasteiger charge is 2.17. The van der Waals surface area contributed by atoms with Crippen molar-refractivity contribution in [2.45, 2.75) is 0 Å². The maximum Gasteiger partial charge on any atom is 0.311 e. The molecule has 0 fully saturated rings. The first-order valence-electron chi connectivity index (χ1n) is 6.17. The van der Waals surface area contributed by atoms with Gasteiger partial charge in [-0.2, -0.15) is 0 Å². The monoisotopic (exact) mass is 273 g/mol. The van der Waals surface area contributed by atoms with Crippen molar-refractivity contribution in [3.63, 3.8) is 0 Å². The van der Waals surface area contributed by atoms with Crippen molar-refractivity contribution in [1.29, 1.82) is 0 Å². The zero-order valence-corrected chi connectivity index (χ0v) is 11.1. The molecule has 0 aliphatic heterocycles. The van der Waals surface area contributed by atoms with Crippen LogP contribution in [-0.2, 0) is 0 Å². The number of aromatic nitrogens is 1. The molecule has 2 aromatic rings. The molecule has 0 atom stereocenters. The zero-order chi connectivity index (χ0) is 14.4. The second kappa shape index (κ2) is 6.51. The number of rotatable bonds is 6. The van der Waals surface area contributed by atoms with Gasteiger partial charge in [-0.05, 0) is 18.2 Å². The fourth-order valence-corrected chi connectivity index (χ4v) is 1.75. The molecule has 1 aromatic heterocycles. The van der Waals surface area contributed by atoms with Crippen LogP contribution in [-0.4, -0.2) is 30.1 Å². The van der Waals surface area contributed by atoms with E-state index in [0.717, 1.165) is 5.75 Å². The van der Waals surface area contributed by atoms with E-state index in [9.17, 15) is 10.1 Å². The van der Waals surface area contributed by atoms with Crippen molar-refractivity contribution in [3.05, 3.63) is 58.8 Å². The average molecular weight is 273 g/mol. The van der Waals surface area contributed by atoms with Gasteiger partial charge >= 0.3 is 5.69 Å². The molecule has 1 heterocycles. The molecular formula is C14H15N3O3. The van der Waals surface area contributed by atoms with E-state index in [0.29, 0.717) is 19.0 Å². The highest BCUT2D eigenvalue weighted by Crippen LogP contribution is 2.23. The van der Waals surface area contributed by atoms with E-state index >= 15 is 0 Å². The molecule has 2 rings (SSSR count). The highest BCUT2D eigenvalue weighted by molar-refractivity contribution is 5.56. The van der Waals surface area contributed by atoms with Crippen LogP contribution in [0.15, 0.2) is 48.7 Å². The summed E-state index contributed by atoms with van der Waals surface area (Å²) in [6.45, 7) is 0.932. The third-order valence-electron chi connectivity index (χ3n) is 2.76. The first kappa shape index (κ1) is 13.8. The van der Waals surface area contributed by atoms with Crippen LogP contribution in [0.3, 0.4) is 0 Å². The van der Waals surface area contributed by atoms with Gasteiger partial charge in [-0.25, -0.2) is 4.98 Å². The number of pyridine rings is 1. The Kier molecular flexibility index (Phi) is 4.49. The summed E-state index contributed by atoms with van der Waals surface area (Å²) < 4.78 is 5.56. The second-order valence-corrected chi connectivity index (χ2v) is 4.19. The lowest BCUT2D eigenvalue weighted by Gasteiger charge is -2.17. The predicted molar refractivity (Wildman–Crippen MR) is 76.1 cm³/mol. The second-order valence-electron chi connectivity index (χ2n) is 4.19. The predicted octanol–water partition coefficient (Wildman–Crippen LogP) is 2.51. The van der Waals surface area contributed by atoms with Crippen molar-refractivity contribution < 1.29 is 9.66 Å². The van der Waals surface area contributed by atoms with Gasteiger partial charge in [0.25, 0.3) is 0 Å². The van der Waals surface area contributed by atoms with E-state index in [-0.39, 0.29) is 5.69 Å². The number of nitrogens with zero attached hydrogens (tertiary/aromatic N) is 3. The Hall–Kier alpha value is -2.63. The molecule has 20 heavy (non-hydrogen) atoms. The van der Waals surface area contributed by atoms with Crippen LogP contribution in [0.4, 0.5) is 11.5 Å². The van der Waals surface area contributed by atoms with Gasteiger partial charge in [-0.3, -0.25) is 10.1 Å². The summed E-state index contributed by atoms with van der Waals surface area (Å²) in [7, 11) is 1.75. The van der Waals surface area contributed by atoms with E-state index in [1.165, 1.54) is 12.3 Å². The number of hydrogen-bond donors (Lipinski definition) is 0. The van der Waals surface area contributed by atoms with Gasteiger partial charge in [0.15, 0.2) is 0 Å². The molecule has 0 radical (unpaired) electrons. The van der Waals surface area contributed by atoms with Crippen molar-refractivity contribution in [1.82, 2.24) is 4.98 Å². The fourth-order valence-electron chi connectivity index (χ4n) is 1.75. The van der Waals surface area contributed by atoms with Crippen molar-refractivity contribution >= 4 is 11.5 Å². The van der Waals surface area contributed by atoms with Crippen LogP contribution < -0.4 is 9.64 Å². The summed E-state index contributed by atoms with van der Waals surface area (Å²) in [5.41, 5.74) is -0.00490. The first-order valence-corrected chi connectivity index (χ1v) is 6.17. The third-order valence-corrected chi connectivity index (χ3v) is 2.76. The number of hydrogen-bond acceptors (Lipinski definition) is 5. The number of anilines is 1. The molecule has 0 spiro atoms. The topological polar surface area (TPSA) is 68.5 Å². The lowest BCUT2D eigenvalue weighted by Crippen LogP contribution is -2.25. The number of benzene rings is 1. The SMILES string of the molecule is CN(CCOc1ccccc1)c1ncccc1[N+](=O)[O-]. The fraction of sp³-hybridized carbons (Fsp3) is 0.214. The van der Waals surface area contributed by atoms with Gasteiger partial charge in [0.05, 0.1) is 11.5 Å². The molecule has 0 unspecified atom stereocenters. The number of likely N-dealkylation sites (N-methyl/N-ethyl adjacent to an activating group) is 1. The van der Waals surface area contributed by atoms with Crippen LogP contribution >= 0.6 is 0 Å². The molecule has 1 aromatic carbocycles. The molecule has 0 bridgehead atoms. The van der Waals surface area contributed by atoms with E-state index in [1.807, 2.05) is 30.3 Å². The Labute approximate surface area is 116 Å².